The molecule has 0 aromatic heterocycles. The molecular formula is C11H21F. The molecule has 0 spiro atoms. The fraction of sp³-hybridized carbons (Fsp3) is 0.818. The number of hydrogen-bond donors (Lipinski definition) is 0. The lowest BCUT2D eigenvalue weighted by atomic mass is 10.1. The van der Waals surface area contributed by atoms with Crippen molar-refractivity contribution in [3.63, 3.8) is 0 Å². The van der Waals surface area contributed by atoms with Crippen molar-refractivity contribution in [2.24, 2.45) is 0 Å². The Balaban J connectivity index is 3.00. The van der Waals surface area contributed by atoms with Crippen LogP contribution in [-0.2, 0) is 0 Å². The minimum Gasteiger partial charge on any atom is -0.248 e. The third-order valence-electron chi connectivity index (χ3n) is 2.07. The molecule has 0 nitrogen and oxygen atoms in total. The van der Waals surface area contributed by atoms with Crippen LogP contribution in [0.4, 0.5) is 4.39 Å². The molecule has 0 amide bonds. The molecule has 1 atom stereocenters. The molecule has 12 heavy (non-hydrogen) atoms. The Morgan fingerprint density at radius 3 is 2.58 bits per heavy atom. The molecule has 0 saturated heterocycles. The molecule has 1 unspecified atom stereocenters. The molecule has 0 aliphatic rings. The summed E-state index contributed by atoms with van der Waals surface area (Å²) in [7, 11) is 0. The smallest absolute Gasteiger partial charge is 0.0999 e. The highest BCUT2D eigenvalue weighted by atomic mass is 19.1. The lowest BCUT2D eigenvalue weighted by Crippen LogP contribution is -1.96. The van der Waals surface area contributed by atoms with Crippen LogP contribution in [0.25, 0.3) is 0 Å². The Morgan fingerprint density at radius 2 is 2.00 bits per heavy atom. The predicted octanol–water partition coefficient (Wildman–Crippen LogP) is 4.26. The first kappa shape index (κ1) is 11.7. The van der Waals surface area contributed by atoms with Crippen molar-refractivity contribution < 1.29 is 4.39 Å². The van der Waals surface area contributed by atoms with E-state index in [1.165, 1.54) is 12.8 Å². The largest absolute Gasteiger partial charge is 0.248 e. The second-order valence-electron chi connectivity index (χ2n) is 3.21. The van der Waals surface area contributed by atoms with Gasteiger partial charge in [-0.2, -0.15) is 0 Å². The fourth-order valence-corrected chi connectivity index (χ4v) is 1.18. The van der Waals surface area contributed by atoms with Gasteiger partial charge in [0.15, 0.2) is 0 Å². The predicted molar refractivity (Wildman–Crippen MR) is 53.1 cm³/mol. The molecule has 0 N–H and O–H groups in total. The van der Waals surface area contributed by atoms with Crippen LogP contribution < -0.4 is 0 Å². The number of alkyl halides is 1. The Hall–Kier alpha value is -0.330. The minimum absolute atomic E-state index is 0.563. The molecule has 0 fully saturated rings. The van der Waals surface area contributed by atoms with Gasteiger partial charge in [0.05, 0.1) is 6.17 Å². The Morgan fingerprint density at radius 1 is 1.25 bits per heavy atom. The third kappa shape index (κ3) is 7.77. The van der Waals surface area contributed by atoms with E-state index in [1.807, 2.05) is 13.8 Å². The summed E-state index contributed by atoms with van der Waals surface area (Å²) >= 11 is 0. The number of unbranched alkanes of at least 4 members (excludes halogenated alkanes) is 3. The zero-order valence-electron chi connectivity index (χ0n) is 8.35. The first-order valence-corrected chi connectivity index (χ1v) is 5.06. The Labute approximate surface area is 75.9 Å². The molecule has 72 valence electrons. The molecule has 0 rings (SSSR count). The van der Waals surface area contributed by atoms with Crippen LogP contribution in [-0.4, -0.2) is 6.17 Å². The molecule has 0 aromatic rings. The zero-order chi connectivity index (χ0) is 9.23. The van der Waals surface area contributed by atoms with Crippen LogP contribution in [0.2, 0.25) is 0 Å². The molecule has 0 saturated carbocycles. The van der Waals surface area contributed by atoms with E-state index < -0.39 is 6.17 Å². The summed E-state index contributed by atoms with van der Waals surface area (Å²) in [6.45, 7) is 3.94. The number of hydrogen-bond acceptors (Lipinski definition) is 0. The highest BCUT2D eigenvalue weighted by Crippen LogP contribution is 2.10. The van der Waals surface area contributed by atoms with Gasteiger partial charge in [-0.05, 0) is 32.6 Å². The van der Waals surface area contributed by atoms with E-state index in [-0.39, 0.29) is 0 Å². The second kappa shape index (κ2) is 8.76. The van der Waals surface area contributed by atoms with E-state index >= 15 is 0 Å². The van der Waals surface area contributed by atoms with Crippen LogP contribution >= 0.6 is 0 Å². The van der Waals surface area contributed by atoms with Crippen molar-refractivity contribution in [2.75, 3.05) is 0 Å². The van der Waals surface area contributed by atoms with Gasteiger partial charge in [-0.1, -0.05) is 31.9 Å². The monoisotopic (exact) mass is 172 g/mol. The summed E-state index contributed by atoms with van der Waals surface area (Å²) in [5.74, 6) is 0. The minimum atomic E-state index is -0.563. The quantitative estimate of drug-likeness (QED) is 0.397. The summed E-state index contributed by atoms with van der Waals surface area (Å²) in [5.41, 5.74) is 0. The van der Waals surface area contributed by atoms with Gasteiger partial charge in [0.25, 0.3) is 0 Å². The molecule has 0 radical (unpaired) electrons. The van der Waals surface area contributed by atoms with E-state index in [9.17, 15) is 4.39 Å². The summed E-state index contributed by atoms with van der Waals surface area (Å²) < 4.78 is 12.7. The lowest BCUT2D eigenvalue weighted by Gasteiger charge is -2.03. The maximum atomic E-state index is 12.7. The SMILES string of the molecule is CC=CCCCCCC(F)CC. The molecular weight excluding hydrogens is 151 g/mol. The van der Waals surface area contributed by atoms with Gasteiger partial charge in [-0.15, -0.1) is 0 Å². The van der Waals surface area contributed by atoms with E-state index in [2.05, 4.69) is 12.2 Å². The van der Waals surface area contributed by atoms with Crippen molar-refractivity contribution in [2.45, 2.75) is 58.5 Å². The van der Waals surface area contributed by atoms with Crippen LogP contribution in [0, 0.1) is 0 Å². The second-order valence-corrected chi connectivity index (χ2v) is 3.21. The maximum absolute atomic E-state index is 12.7. The Bertz CT molecular complexity index is 108. The van der Waals surface area contributed by atoms with Crippen LogP contribution in [0.15, 0.2) is 12.2 Å². The van der Waals surface area contributed by atoms with Gasteiger partial charge in [-0.3, -0.25) is 0 Å². The zero-order valence-corrected chi connectivity index (χ0v) is 8.35. The van der Waals surface area contributed by atoms with E-state index in [1.54, 1.807) is 0 Å². The van der Waals surface area contributed by atoms with Gasteiger partial charge in [0.1, 0.15) is 0 Å². The molecule has 0 aliphatic heterocycles. The number of allylic oxidation sites excluding steroid dienone is 2. The summed E-state index contributed by atoms with van der Waals surface area (Å²) in [6.07, 6.45) is 9.70. The van der Waals surface area contributed by atoms with Gasteiger partial charge >= 0.3 is 0 Å². The Kier molecular flexibility index (Phi) is 8.52. The highest BCUT2D eigenvalue weighted by molar-refractivity contribution is 4.76. The summed E-state index contributed by atoms with van der Waals surface area (Å²) in [6, 6.07) is 0. The average molecular weight is 172 g/mol. The third-order valence-corrected chi connectivity index (χ3v) is 2.07. The lowest BCUT2D eigenvalue weighted by molar-refractivity contribution is 0.297. The van der Waals surface area contributed by atoms with E-state index in [0.29, 0.717) is 6.42 Å². The normalized spacial score (nSPS) is 13.9. The summed E-state index contributed by atoms with van der Waals surface area (Å²) in [5, 5.41) is 0. The van der Waals surface area contributed by atoms with Gasteiger partial charge in [0, 0.05) is 0 Å². The van der Waals surface area contributed by atoms with Gasteiger partial charge in [0.2, 0.25) is 0 Å². The van der Waals surface area contributed by atoms with Crippen LogP contribution in [0.3, 0.4) is 0 Å². The summed E-state index contributed by atoms with van der Waals surface area (Å²) in [4.78, 5) is 0. The molecule has 0 heterocycles. The highest BCUT2D eigenvalue weighted by Gasteiger charge is 2.00. The van der Waals surface area contributed by atoms with Crippen molar-refractivity contribution >= 4 is 0 Å². The average Bonchev–Trinajstić information content (AvgIpc) is 2.10. The van der Waals surface area contributed by atoms with Crippen LogP contribution in [0.5, 0.6) is 0 Å². The van der Waals surface area contributed by atoms with Crippen LogP contribution in [0.1, 0.15) is 52.4 Å². The van der Waals surface area contributed by atoms with Gasteiger partial charge in [-0.25, -0.2) is 4.39 Å². The van der Waals surface area contributed by atoms with Crippen molar-refractivity contribution in [1.29, 1.82) is 0 Å². The fourth-order valence-electron chi connectivity index (χ4n) is 1.18. The molecule has 0 aromatic carbocycles. The topological polar surface area (TPSA) is 0 Å². The molecule has 0 aliphatic carbocycles. The molecule has 0 bridgehead atoms. The van der Waals surface area contributed by atoms with Crippen molar-refractivity contribution in [3.8, 4) is 0 Å². The van der Waals surface area contributed by atoms with E-state index in [4.69, 9.17) is 0 Å². The standard InChI is InChI=1S/C11H21F/c1-3-5-6-7-8-9-10-11(12)4-2/h3,5,11H,4,6-10H2,1-2H3. The van der Waals surface area contributed by atoms with Crippen molar-refractivity contribution in [1.82, 2.24) is 0 Å². The number of halogens is 1. The van der Waals surface area contributed by atoms with Gasteiger partial charge < -0.3 is 0 Å². The van der Waals surface area contributed by atoms with E-state index in [0.717, 1.165) is 19.3 Å². The first-order chi connectivity index (χ1) is 5.81. The van der Waals surface area contributed by atoms with Crippen molar-refractivity contribution in [3.05, 3.63) is 12.2 Å². The maximum Gasteiger partial charge on any atom is 0.0999 e. The first-order valence-electron chi connectivity index (χ1n) is 5.06. The molecule has 1 heteroatoms. The number of rotatable bonds is 7.